The van der Waals surface area contributed by atoms with E-state index in [1.54, 1.807) is 6.08 Å². The molecule has 0 spiro atoms. The van der Waals surface area contributed by atoms with Gasteiger partial charge in [-0.1, -0.05) is 56.3 Å². The summed E-state index contributed by atoms with van der Waals surface area (Å²) in [6, 6.07) is 15.7. The van der Waals surface area contributed by atoms with Gasteiger partial charge in [-0.15, -0.1) is 6.58 Å². The number of amides is 2. The smallest absolute Gasteiger partial charge is 0.278 e. The van der Waals surface area contributed by atoms with Crippen LogP contribution in [-0.2, 0) is 22.6 Å². The summed E-state index contributed by atoms with van der Waals surface area (Å²) in [4.78, 5) is 29.8. The van der Waals surface area contributed by atoms with E-state index in [0.717, 1.165) is 17.7 Å². The Morgan fingerprint density at radius 2 is 1.74 bits per heavy atom. The fourth-order valence-electron chi connectivity index (χ4n) is 4.08. The van der Waals surface area contributed by atoms with Crippen molar-refractivity contribution in [1.29, 1.82) is 0 Å². The van der Waals surface area contributed by atoms with Crippen molar-refractivity contribution in [2.24, 2.45) is 5.92 Å². The standard InChI is InChI=1S/C26H28N2O3/c1-4-14-28-25(29)23(20-9-11-22(12-10-20)31-17-18(2)3)24(26(28)30)27-15-13-19-7-5-6-8-21(19)16-27/h4-12,18H,1,13-17H2,2-3H3. The molecule has 5 heteroatoms. The summed E-state index contributed by atoms with van der Waals surface area (Å²) in [6.07, 6.45) is 2.43. The number of fused-ring (bicyclic) bond motifs is 1. The SMILES string of the molecule is C=CCN1C(=O)C(c2ccc(OCC(C)C)cc2)=C(N2CCc3ccccc3C2)C1=O. The number of benzene rings is 2. The summed E-state index contributed by atoms with van der Waals surface area (Å²) in [5.74, 6) is 0.665. The second-order valence-corrected chi connectivity index (χ2v) is 8.40. The van der Waals surface area contributed by atoms with Crippen molar-refractivity contribution in [2.45, 2.75) is 26.8 Å². The molecule has 2 aliphatic heterocycles. The number of imide groups is 1. The van der Waals surface area contributed by atoms with Gasteiger partial charge in [0.2, 0.25) is 0 Å². The molecule has 5 nitrogen and oxygen atoms in total. The number of carbonyl (C=O) groups is 2. The molecule has 0 N–H and O–H groups in total. The van der Waals surface area contributed by atoms with Crippen molar-refractivity contribution in [1.82, 2.24) is 9.80 Å². The van der Waals surface area contributed by atoms with Gasteiger partial charge >= 0.3 is 0 Å². The molecule has 0 fully saturated rings. The lowest BCUT2D eigenvalue weighted by atomic mass is 9.98. The highest BCUT2D eigenvalue weighted by Gasteiger charge is 2.41. The zero-order chi connectivity index (χ0) is 22.0. The lowest BCUT2D eigenvalue weighted by molar-refractivity contribution is -0.136. The largest absolute Gasteiger partial charge is 0.493 e. The Morgan fingerprint density at radius 1 is 1.03 bits per heavy atom. The Labute approximate surface area is 183 Å². The molecule has 2 heterocycles. The van der Waals surface area contributed by atoms with Crippen LogP contribution in [0.15, 0.2) is 66.9 Å². The topological polar surface area (TPSA) is 49.9 Å². The van der Waals surface area contributed by atoms with E-state index in [0.29, 0.717) is 36.9 Å². The van der Waals surface area contributed by atoms with Gasteiger partial charge < -0.3 is 9.64 Å². The van der Waals surface area contributed by atoms with Gasteiger partial charge in [-0.25, -0.2) is 0 Å². The second kappa shape index (κ2) is 8.80. The third-order valence-electron chi connectivity index (χ3n) is 5.63. The van der Waals surface area contributed by atoms with E-state index in [1.807, 2.05) is 41.3 Å². The minimum absolute atomic E-state index is 0.199. The predicted molar refractivity (Wildman–Crippen MR) is 121 cm³/mol. The van der Waals surface area contributed by atoms with Gasteiger partial charge in [-0.05, 0) is 41.2 Å². The van der Waals surface area contributed by atoms with E-state index >= 15 is 0 Å². The summed E-state index contributed by atoms with van der Waals surface area (Å²) in [6.45, 7) is 10.0. The zero-order valence-corrected chi connectivity index (χ0v) is 18.1. The highest BCUT2D eigenvalue weighted by atomic mass is 16.5. The first kappa shape index (κ1) is 20.9. The van der Waals surface area contributed by atoms with Crippen molar-refractivity contribution in [3.63, 3.8) is 0 Å². The maximum Gasteiger partial charge on any atom is 0.278 e. The second-order valence-electron chi connectivity index (χ2n) is 8.40. The lowest BCUT2D eigenvalue weighted by Gasteiger charge is -2.31. The van der Waals surface area contributed by atoms with Gasteiger partial charge in [0.1, 0.15) is 11.4 Å². The number of hydrogen-bond acceptors (Lipinski definition) is 4. The van der Waals surface area contributed by atoms with Crippen LogP contribution in [0.1, 0.15) is 30.5 Å². The molecule has 0 bridgehead atoms. The first-order valence-electron chi connectivity index (χ1n) is 10.8. The van der Waals surface area contributed by atoms with E-state index in [4.69, 9.17) is 4.74 Å². The molecule has 0 radical (unpaired) electrons. The number of ether oxygens (including phenoxy) is 1. The van der Waals surface area contributed by atoms with E-state index in [1.165, 1.54) is 16.0 Å². The highest BCUT2D eigenvalue weighted by molar-refractivity contribution is 6.35. The average Bonchev–Trinajstić information content (AvgIpc) is 3.03. The molecule has 0 aliphatic carbocycles. The monoisotopic (exact) mass is 416 g/mol. The van der Waals surface area contributed by atoms with E-state index in [-0.39, 0.29) is 18.4 Å². The van der Waals surface area contributed by atoms with Crippen LogP contribution in [0.2, 0.25) is 0 Å². The van der Waals surface area contributed by atoms with Crippen LogP contribution in [0.25, 0.3) is 5.57 Å². The maximum absolute atomic E-state index is 13.3. The highest BCUT2D eigenvalue weighted by Crippen LogP contribution is 2.35. The summed E-state index contributed by atoms with van der Waals surface area (Å²) < 4.78 is 5.77. The molecule has 2 amide bonds. The van der Waals surface area contributed by atoms with Gasteiger partial charge in [0, 0.05) is 19.6 Å². The van der Waals surface area contributed by atoms with Gasteiger partial charge in [-0.2, -0.15) is 0 Å². The number of hydrogen-bond donors (Lipinski definition) is 0. The Hall–Kier alpha value is -3.34. The molecule has 0 saturated heterocycles. The fourth-order valence-corrected chi connectivity index (χ4v) is 4.08. The fraction of sp³-hybridized carbons (Fsp3) is 0.308. The summed E-state index contributed by atoms with van der Waals surface area (Å²) in [7, 11) is 0. The van der Waals surface area contributed by atoms with Gasteiger partial charge in [-0.3, -0.25) is 14.5 Å². The van der Waals surface area contributed by atoms with Crippen LogP contribution < -0.4 is 4.74 Å². The predicted octanol–water partition coefficient (Wildman–Crippen LogP) is 4.05. The molecule has 2 aromatic carbocycles. The summed E-state index contributed by atoms with van der Waals surface area (Å²) in [5.41, 5.74) is 4.17. The molecular formula is C26H28N2O3. The molecule has 0 aromatic heterocycles. The summed E-state index contributed by atoms with van der Waals surface area (Å²) in [5, 5.41) is 0. The molecule has 4 rings (SSSR count). The first-order chi connectivity index (χ1) is 15.0. The molecule has 0 saturated carbocycles. The quantitative estimate of drug-likeness (QED) is 0.505. The summed E-state index contributed by atoms with van der Waals surface area (Å²) >= 11 is 0. The molecule has 0 unspecified atom stereocenters. The van der Waals surface area contributed by atoms with Crippen molar-refractivity contribution >= 4 is 17.4 Å². The molecule has 0 atom stereocenters. The van der Waals surface area contributed by atoms with Gasteiger partial charge in [0.05, 0.1) is 12.2 Å². The van der Waals surface area contributed by atoms with Crippen LogP contribution in [-0.4, -0.2) is 41.3 Å². The van der Waals surface area contributed by atoms with E-state index in [2.05, 4.69) is 32.6 Å². The maximum atomic E-state index is 13.3. The minimum atomic E-state index is -0.269. The van der Waals surface area contributed by atoms with Crippen LogP contribution in [0.5, 0.6) is 5.75 Å². The molecule has 2 aliphatic rings. The molecule has 31 heavy (non-hydrogen) atoms. The molecular weight excluding hydrogens is 388 g/mol. The van der Waals surface area contributed by atoms with E-state index in [9.17, 15) is 9.59 Å². The van der Waals surface area contributed by atoms with Crippen LogP contribution in [0, 0.1) is 5.92 Å². The first-order valence-corrected chi connectivity index (χ1v) is 10.8. The third kappa shape index (κ3) is 4.13. The van der Waals surface area contributed by atoms with Crippen molar-refractivity contribution < 1.29 is 14.3 Å². The van der Waals surface area contributed by atoms with Crippen molar-refractivity contribution in [3.05, 3.63) is 83.6 Å². The van der Waals surface area contributed by atoms with Crippen LogP contribution >= 0.6 is 0 Å². The normalized spacial score (nSPS) is 16.2. The number of nitrogens with zero attached hydrogens (tertiary/aromatic N) is 2. The average molecular weight is 417 g/mol. The molecule has 160 valence electrons. The van der Waals surface area contributed by atoms with Gasteiger partial charge in [0.15, 0.2) is 0 Å². The Morgan fingerprint density at radius 3 is 2.42 bits per heavy atom. The minimum Gasteiger partial charge on any atom is -0.493 e. The lowest BCUT2D eigenvalue weighted by Crippen LogP contribution is -2.37. The number of rotatable bonds is 7. The van der Waals surface area contributed by atoms with Crippen LogP contribution in [0.3, 0.4) is 0 Å². The van der Waals surface area contributed by atoms with E-state index < -0.39 is 0 Å². The third-order valence-corrected chi connectivity index (χ3v) is 5.63. The van der Waals surface area contributed by atoms with Crippen molar-refractivity contribution in [2.75, 3.05) is 19.7 Å². The van der Waals surface area contributed by atoms with Crippen LogP contribution in [0.4, 0.5) is 0 Å². The van der Waals surface area contributed by atoms with Gasteiger partial charge in [0.25, 0.3) is 11.8 Å². The molecule has 2 aromatic rings. The van der Waals surface area contributed by atoms with Crippen molar-refractivity contribution in [3.8, 4) is 5.75 Å². The Kier molecular flexibility index (Phi) is 5.94. The number of carbonyl (C=O) groups excluding carboxylic acids is 2. The Balaban J connectivity index is 1.70. The zero-order valence-electron chi connectivity index (χ0n) is 18.1. The Bertz CT molecular complexity index is 1040.